The second-order valence-corrected chi connectivity index (χ2v) is 8.82. The molecule has 2 aliphatic rings. The molecule has 34 heavy (non-hydrogen) atoms. The van der Waals surface area contributed by atoms with Gasteiger partial charge in [0.05, 0.1) is 12.8 Å². The third-order valence-electron chi connectivity index (χ3n) is 6.15. The number of benzene rings is 3. The van der Waals surface area contributed by atoms with Crippen molar-refractivity contribution >= 4 is 23.4 Å². The monoisotopic (exact) mass is 472 g/mol. The zero-order valence-corrected chi connectivity index (χ0v) is 19.3. The number of nitrogens with zero attached hydrogens (tertiary/aromatic N) is 3. The normalized spacial score (nSPS) is 18.3. The van der Waals surface area contributed by atoms with E-state index < -0.39 is 6.10 Å². The van der Waals surface area contributed by atoms with Gasteiger partial charge in [0.2, 0.25) is 11.1 Å². The molecule has 0 bridgehead atoms. The molecule has 3 aromatic carbocycles. The lowest BCUT2D eigenvalue weighted by atomic mass is 9.84. The molecule has 0 spiro atoms. The molecule has 2 atom stereocenters. The Bertz CT molecular complexity index is 1400. The molecule has 0 radical (unpaired) electrons. The summed E-state index contributed by atoms with van der Waals surface area (Å²) in [7, 11) is 1.65. The van der Waals surface area contributed by atoms with Gasteiger partial charge in [-0.2, -0.15) is 4.98 Å². The second-order valence-electron chi connectivity index (χ2n) is 8.04. The predicted octanol–water partition coefficient (Wildman–Crippen LogP) is 5.71. The van der Waals surface area contributed by atoms with E-state index >= 15 is 0 Å². The number of anilines is 1. The summed E-state index contributed by atoms with van der Waals surface area (Å²) in [4.78, 5) is 4.71. The van der Waals surface area contributed by atoms with E-state index in [4.69, 9.17) is 19.6 Å². The Kier molecular flexibility index (Phi) is 5.03. The number of hydrogen-bond acceptors (Lipinski definition) is 6. The summed E-state index contributed by atoms with van der Waals surface area (Å²) in [5.41, 5.74) is 4.75. The Morgan fingerprint density at radius 3 is 2.47 bits per heavy atom. The molecular weight excluding hydrogens is 451 g/mol. The van der Waals surface area contributed by atoms with Crippen molar-refractivity contribution in [2.45, 2.75) is 17.3 Å². The van der Waals surface area contributed by atoms with Gasteiger partial charge in [-0.05, 0) is 53.8 Å². The van der Waals surface area contributed by atoms with Crippen LogP contribution in [0.15, 0.2) is 83.5 Å². The van der Waals surface area contributed by atoms with Crippen LogP contribution < -0.4 is 14.8 Å². The zero-order valence-electron chi connectivity index (χ0n) is 18.5. The summed E-state index contributed by atoms with van der Waals surface area (Å²) in [6.45, 7) is 0. The number of para-hydroxylation sites is 1. The minimum atomic E-state index is -0.444. The van der Waals surface area contributed by atoms with Crippen LogP contribution in [0.5, 0.6) is 11.5 Å². The second kappa shape index (κ2) is 8.22. The molecule has 6 nitrogen and oxygen atoms in total. The van der Waals surface area contributed by atoms with Crippen molar-refractivity contribution in [3.8, 4) is 11.5 Å². The third kappa shape index (κ3) is 3.33. The summed E-state index contributed by atoms with van der Waals surface area (Å²) in [6, 6.07) is 22.1. The maximum absolute atomic E-state index is 13.8. The number of methoxy groups -OCH3 is 1. The van der Waals surface area contributed by atoms with Crippen LogP contribution in [-0.2, 0) is 0 Å². The molecule has 0 saturated carbocycles. The molecule has 0 aliphatic carbocycles. The van der Waals surface area contributed by atoms with Crippen molar-refractivity contribution in [2.24, 2.45) is 0 Å². The molecule has 8 heteroatoms. The van der Waals surface area contributed by atoms with Gasteiger partial charge in [-0.15, -0.1) is 5.10 Å². The Morgan fingerprint density at radius 2 is 1.74 bits per heavy atom. The van der Waals surface area contributed by atoms with E-state index in [1.807, 2.05) is 59.5 Å². The van der Waals surface area contributed by atoms with E-state index in [1.165, 1.54) is 23.9 Å². The number of hydrogen-bond donors (Lipinski definition) is 1. The van der Waals surface area contributed by atoms with E-state index in [0.29, 0.717) is 11.1 Å². The number of fused-ring (bicyclic) bond motifs is 3. The molecule has 6 rings (SSSR count). The van der Waals surface area contributed by atoms with Gasteiger partial charge in [-0.25, -0.2) is 9.07 Å². The van der Waals surface area contributed by atoms with Crippen molar-refractivity contribution < 1.29 is 13.9 Å². The Balaban J connectivity index is 1.61. The Hall–Kier alpha value is -3.78. The average molecular weight is 473 g/mol. The first-order valence-electron chi connectivity index (χ1n) is 10.8. The largest absolute Gasteiger partial charge is 0.497 e. The van der Waals surface area contributed by atoms with Gasteiger partial charge in [0.1, 0.15) is 29.5 Å². The first-order chi connectivity index (χ1) is 16.7. The molecule has 170 valence electrons. The quantitative estimate of drug-likeness (QED) is 0.384. The molecule has 1 aromatic heterocycles. The van der Waals surface area contributed by atoms with Crippen LogP contribution in [0.4, 0.5) is 10.3 Å². The molecular formula is C26H21FN4O2S. The fraction of sp³-hybridized carbons (Fsp3) is 0.154. The van der Waals surface area contributed by atoms with Crippen LogP contribution in [0.2, 0.25) is 0 Å². The van der Waals surface area contributed by atoms with Crippen molar-refractivity contribution in [3.63, 3.8) is 0 Å². The standard InChI is InChI=1S/C26H21FN4O2S/c1-32-18-13-9-15(10-14-18)23-21-22(28-25-29-26(34-2)30-31(23)25)19-5-3-4-6-20(19)33-24(21)16-7-11-17(27)12-8-16/h3-14,23-24H,1-2H3,(H,28,29,30)/t23-,24+/m1/s1. The van der Waals surface area contributed by atoms with Gasteiger partial charge >= 0.3 is 0 Å². The highest BCUT2D eigenvalue weighted by atomic mass is 32.2. The van der Waals surface area contributed by atoms with Gasteiger partial charge in [0, 0.05) is 11.1 Å². The molecule has 0 fully saturated rings. The van der Waals surface area contributed by atoms with Crippen LogP contribution in [0.25, 0.3) is 5.70 Å². The average Bonchev–Trinajstić information content (AvgIpc) is 3.30. The highest BCUT2D eigenvalue weighted by Crippen LogP contribution is 2.50. The summed E-state index contributed by atoms with van der Waals surface area (Å²) in [6.07, 6.45) is 1.51. The highest BCUT2D eigenvalue weighted by molar-refractivity contribution is 7.98. The fourth-order valence-corrected chi connectivity index (χ4v) is 4.91. The van der Waals surface area contributed by atoms with Crippen LogP contribution in [0, 0.1) is 5.82 Å². The van der Waals surface area contributed by atoms with E-state index in [2.05, 4.69) is 5.32 Å². The molecule has 4 aromatic rings. The van der Waals surface area contributed by atoms with E-state index in [-0.39, 0.29) is 11.9 Å². The lowest BCUT2D eigenvalue weighted by molar-refractivity contribution is 0.222. The summed E-state index contributed by atoms with van der Waals surface area (Å²) in [5, 5.41) is 8.98. The van der Waals surface area contributed by atoms with Gasteiger partial charge in [0.25, 0.3) is 0 Å². The summed E-state index contributed by atoms with van der Waals surface area (Å²) < 4.78 is 27.6. The van der Waals surface area contributed by atoms with Gasteiger partial charge in [-0.3, -0.25) is 0 Å². The predicted molar refractivity (Wildman–Crippen MR) is 130 cm³/mol. The minimum absolute atomic E-state index is 0.283. The maximum Gasteiger partial charge on any atom is 0.227 e. The number of nitrogens with one attached hydrogen (secondary N) is 1. The highest BCUT2D eigenvalue weighted by Gasteiger charge is 2.41. The fourth-order valence-electron chi connectivity index (χ4n) is 4.56. The van der Waals surface area contributed by atoms with Gasteiger partial charge in [0.15, 0.2) is 0 Å². The molecule has 0 saturated heterocycles. The summed E-state index contributed by atoms with van der Waals surface area (Å²) >= 11 is 1.49. The van der Waals surface area contributed by atoms with E-state index in [9.17, 15) is 4.39 Å². The number of ether oxygens (including phenoxy) is 2. The first-order valence-corrected chi connectivity index (χ1v) is 12.1. The van der Waals surface area contributed by atoms with Crippen molar-refractivity contribution in [1.29, 1.82) is 0 Å². The van der Waals surface area contributed by atoms with Crippen LogP contribution in [0.1, 0.15) is 28.8 Å². The van der Waals surface area contributed by atoms with Gasteiger partial charge < -0.3 is 14.8 Å². The van der Waals surface area contributed by atoms with Crippen LogP contribution in [0.3, 0.4) is 0 Å². The molecule has 0 unspecified atom stereocenters. The maximum atomic E-state index is 13.8. The molecule has 3 heterocycles. The van der Waals surface area contributed by atoms with E-state index in [1.54, 1.807) is 19.2 Å². The SMILES string of the molecule is COc1ccc([C@@H]2C3=C(Nc4nc(SC)nn42)c2ccccc2O[C@H]3c2ccc(F)cc2)cc1. The Labute approximate surface area is 200 Å². The number of rotatable bonds is 4. The lowest BCUT2D eigenvalue weighted by Crippen LogP contribution is -2.32. The smallest absolute Gasteiger partial charge is 0.227 e. The lowest BCUT2D eigenvalue weighted by Gasteiger charge is -2.38. The topological polar surface area (TPSA) is 61.2 Å². The number of halogens is 1. The Morgan fingerprint density at radius 1 is 1.00 bits per heavy atom. The van der Waals surface area contributed by atoms with Crippen LogP contribution in [-0.4, -0.2) is 28.1 Å². The van der Waals surface area contributed by atoms with Crippen molar-refractivity contribution in [3.05, 3.63) is 101 Å². The van der Waals surface area contributed by atoms with Crippen LogP contribution >= 0.6 is 11.8 Å². The number of aromatic nitrogens is 3. The zero-order chi connectivity index (χ0) is 23.2. The molecule has 0 amide bonds. The number of thioether (sulfide) groups is 1. The third-order valence-corrected chi connectivity index (χ3v) is 6.69. The first kappa shape index (κ1) is 20.8. The molecule has 2 aliphatic heterocycles. The van der Waals surface area contributed by atoms with Crippen molar-refractivity contribution in [1.82, 2.24) is 14.8 Å². The summed E-state index contributed by atoms with van der Waals surface area (Å²) in [5.74, 6) is 1.91. The minimum Gasteiger partial charge on any atom is -0.497 e. The molecule has 1 N–H and O–H groups in total. The van der Waals surface area contributed by atoms with E-state index in [0.717, 1.165) is 39.5 Å². The van der Waals surface area contributed by atoms with Crippen molar-refractivity contribution in [2.75, 3.05) is 18.7 Å². The van der Waals surface area contributed by atoms with Gasteiger partial charge in [-0.1, -0.05) is 48.2 Å².